The van der Waals surface area contributed by atoms with E-state index in [2.05, 4.69) is 0 Å². The van der Waals surface area contributed by atoms with Gasteiger partial charge in [-0.2, -0.15) is 0 Å². The van der Waals surface area contributed by atoms with Gasteiger partial charge in [-0.1, -0.05) is 24.3 Å². The van der Waals surface area contributed by atoms with Crippen LogP contribution in [0.5, 0.6) is 0 Å². The second-order valence-corrected chi connectivity index (χ2v) is 5.00. The number of ketones is 2. The highest BCUT2D eigenvalue weighted by Crippen LogP contribution is 2.34. The molecule has 0 spiro atoms. The number of nitro groups is 1. The molecule has 0 fully saturated rings. The molecule has 7 heteroatoms. The molecule has 108 valence electrons. The third kappa shape index (κ3) is 1.93. The number of hydrogen-bond donors (Lipinski definition) is 0. The summed E-state index contributed by atoms with van der Waals surface area (Å²) in [5, 5.41) is 10.3. The average molecular weight is 316 g/mol. The van der Waals surface area contributed by atoms with Crippen molar-refractivity contribution in [2.45, 2.75) is 0 Å². The van der Waals surface area contributed by atoms with E-state index in [9.17, 15) is 24.5 Å². The molecule has 0 saturated heterocycles. The van der Waals surface area contributed by atoms with Gasteiger partial charge >= 0.3 is 0 Å². The Balaban J connectivity index is 2.39. The van der Waals surface area contributed by atoms with Gasteiger partial charge in [-0.05, 0) is 17.7 Å². The lowest BCUT2D eigenvalue weighted by atomic mass is 9.82. The van der Waals surface area contributed by atoms with Gasteiger partial charge in [0.15, 0.2) is 5.78 Å². The molecular weight excluding hydrogens is 310 g/mol. The molecule has 0 unspecified atom stereocenters. The average Bonchev–Trinajstić information content (AvgIpc) is 2.51. The van der Waals surface area contributed by atoms with Crippen molar-refractivity contribution in [3.63, 3.8) is 0 Å². The Bertz CT molecular complexity index is 887. The summed E-state index contributed by atoms with van der Waals surface area (Å²) in [6, 6.07) is 8.07. The summed E-state index contributed by atoms with van der Waals surface area (Å²) in [5.41, 5.74) is -1.04. The van der Waals surface area contributed by atoms with E-state index < -0.39 is 27.4 Å². The van der Waals surface area contributed by atoms with Crippen molar-refractivity contribution in [2.24, 2.45) is 0 Å². The third-order valence-corrected chi connectivity index (χ3v) is 3.65. The van der Waals surface area contributed by atoms with E-state index in [1.807, 2.05) is 0 Å². The van der Waals surface area contributed by atoms with Gasteiger partial charge in [-0.3, -0.25) is 24.5 Å². The fourth-order valence-corrected chi connectivity index (χ4v) is 2.57. The molecule has 0 atom stereocenters. The van der Waals surface area contributed by atoms with Crippen LogP contribution < -0.4 is 0 Å². The van der Waals surface area contributed by atoms with Crippen molar-refractivity contribution in [3.05, 3.63) is 74.3 Å². The number of nitro benzene ring substituents is 1. The minimum absolute atomic E-state index is 0.105. The molecule has 6 nitrogen and oxygen atoms in total. The molecule has 0 aliphatic heterocycles. The molecule has 0 amide bonds. The van der Waals surface area contributed by atoms with E-state index in [1.165, 1.54) is 12.1 Å². The smallest absolute Gasteiger partial charge is 0.282 e. The van der Waals surface area contributed by atoms with Crippen LogP contribution in [0.15, 0.2) is 36.4 Å². The molecule has 2 aromatic rings. The minimum Gasteiger partial charge on any atom is -0.289 e. The van der Waals surface area contributed by atoms with Crippen LogP contribution in [0.2, 0.25) is 0 Å². The number of benzene rings is 2. The van der Waals surface area contributed by atoms with Gasteiger partial charge in [0.25, 0.3) is 10.9 Å². The van der Waals surface area contributed by atoms with Crippen molar-refractivity contribution < 1.29 is 19.3 Å². The summed E-state index contributed by atoms with van der Waals surface area (Å²) < 4.78 is 0. The number of halogens is 1. The SMILES string of the molecule is O=C(Cl)c1cc2c(c([N+](=O)[O-])c1)C(=O)c1ccccc1C2=O. The van der Waals surface area contributed by atoms with E-state index in [1.54, 1.807) is 12.1 Å². The molecular formula is C15H6ClNO5. The lowest BCUT2D eigenvalue weighted by Gasteiger charge is -2.17. The van der Waals surface area contributed by atoms with E-state index in [0.717, 1.165) is 12.1 Å². The van der Waals surface area contributed by atoms with Crippen LogP contribution in [0.4, 0.5) is 5.69 Å². The Morgan fingerprint density at radius 3 is 2.14 bits per heavy atom. The lowest BCUT2D eigenvalue weighted by molar-refractivity contribution is -0.385. The maximum Gasteiger partial charge on any atom is 0.282 e. The highest BCUT2D eigenvalue weighted by Gasteiger charge is 2.36. The standard InChI is InChI=1S/C15H6ClNO5/c16-15(20)7-5-10-12(11(6-7)17(21)22)14(19)9-4-2-1-3-8(9)13(10)18/h1-6H. The normalized spacial score (nSPS) is 12.6. The van der Waals surface area contributed by atoms with Gasteiger partial charge < -0.3 is 0 Å². The van der Waals surface area contributed by atoms with Crippen molar-refractivity contribution in [1.29, 1.82) is 0 Å². The number of nitrogens with zero attached hydrogens (tertiary/aromatic N) is 1. The molecule has 2 aromatic carbocycles. The first-order valence-electron chi connectivity index (χ1n) is 6.12. The number of carbonyl (C=O) groups excluding carboxylic acids is 3. The summed E-state index contributed by atoms with van der Waals surface area (Å²) in [4.78, 5) is 46.6. The predicted molar refractivity (Wildman–Crippen MR) is 76.6 cm³/mol. The fraction of sp³-hybridized carbons (Fsp3) is 0. The summed E-state index contributed by atoms with van der Waals surface area (Å²) >= 11 is 5.35. The molecule has 22 heavy (non-hydrogen) atoms. The summed E-state index contributed by atoms with van der Waals surface area (Å²) in [6.45, 7) is 0. The highest BCUT2D eigenvalue weighted by molar-refractivity contribution is 6.67. The number of carbonyl (C=O) groups is 3. The van der Waals surface area contributed by atoms with Gasteiger partial charge in [0, 0.05) is 28.3 Å². The molecule has 0 N–H and O–H groups in total. The monoisotopic (exact) mass is 315 g/mol. The van der Waals surface area contributed by atoms with E-state index in [-0.39, 0.29) is 27.8 Å². The molecule has 1 aliphatic carbocycles. The van der Waals surface area contributed by atoms with Gasteiger partial charge in [0.2, 0.25) is 5.78 Å². The van der Waals surface area contributed by atoms with Gasteiger partial charge in [0.05, 0.1) is 4.92 Å². The minimum atomic E-state index is -0.940. The van der Waals surface area contributed by atoms with Gasteiger partial charge in [-0.25, -0.2) is 0 Å². The molecule has 1 aliphatic rings. The quantitative estimate of drug-likeness (QED) is 0.411. The number of fused-ring (bicyclic) bond motifs is 2. The van der Waals surface area contributed by atoms with Crippen LogP contribution in [-0.2, 0) is 0 Å². The first kappa shape index (κ1) is 14.1. The maximum atomic E-state index is 12.5. The zero-order valence-corrected chi connectivity index (χ0v) is 11.6. The first-order valence-corrected chi connectivity index (χ1v) is 6.50. The molecule has 0 bridgehead atoms. The Morgan fingerprint density at radius 2 is 1.59 bits per heavy atom. The van der Waals surface area contributed by atoms with Crippen LogP contribution in [0.1, 0.15) is 42.2 Å². The Morgan fingerprint density at radius 1 is 1.00 bits per heavy atom. The molecule has 0 aromatic heterocycles. The van der Waals surface area contributed by atoms with Crippen LogP contribution in [0.3, 0.4) is 0 Å². The molecule has 0 saturated carbocycles. The van der Waals surface area contributed by atoms with Crippen molar-refractivity contribution in [2.75, 3.05) is 0 Å². The highest BCUT2D eigenvalue weighted by atomic mass is 35.5. The van der Waals surface area contributed by atoms with E-state index in [0.29, 0.717) is 0 Å². The van der Waals surface area contributed by atoms with Gasteiger partial charge in [-0.15, -0.1) is 0 Å². The van der Waals surface area contributed by atoms with Crippen LogP contribution in [-0.4, -0.2) is 21.7 Å². The summed E-state index contributed by atoms with van der Waals surface area (Å²) in [5.74, 6) is -1.17. The second kappa shape index (κ2) is 4.85. The van der Waals surface area contributed by atoms with Crippen molar-refractivity contribution in [3.8, 4) is 0 Å². The lowest BCUT2D eigenvalue weighted by Crippen LogP contribution is -2.22. The summed E-state index contributed by atoms with van der Waals surface area (Å²) in [6.07, 6.45) is 0. The first-order chi connectivity index (χ1) is 10.4. The van der Waals surface area contributed by atoms with E-state index >= 15 is 0 Å². The molecule has 0 radical (unpaired) electrons. The fourth-order valence-electron chi connectivity index (χ4n) is 2.46. The van der Waals surface area contributed by atoms with E-state index in [4.69, 9.17) is 11.6 Å². The van der Waals surface area contributed by atoms with Crippen LogP contribution >= 0.6 is 11.6 Å². The zero-order chi connectivity index (χ0) is 16.0. The van der Waals surface area contributed by atoms with Crippen LogP contribution in [0.25, 0.3) is 0 Å². The summed E-state index contributed by atoms with van der Waals surface area (Å²) in [7, 11) is 0. The number of hydrogen-bond acceptors (Lipinski definition) is 5. The Kier molecular flexibility index (Phi) is 3.11. The van der Waals surface area contributed by atoms with Crippen molar-refractivity contribution in [1.82, 2.24) is 0 Å². The predicted octanol–water partition coefficient (Wildman–Crippen LogP) is 2.75. The molecule has 0 heterocycles. The van der Waals surface area contributed by atoms with Crippen molar-refractivity contribution >= 4 is 34.1 Å². The maximum absolute atomic E-state index is 12.5. The third-order valence-electron chi connectivity index (χ3n) is 3.43. The van der Waals surface area contributed by atoms with Crippen LogP contribution in [0, 0.1) is 10.1 Å². The number of rotatable bonds is 2. The Labute approximate surface area is 128 Å². The Hall–Kier alpha value is -2.86. The topological polar surface area (TPSA) is 94.3 Å². The largest absolute Gasteiger partial charge is 0.289 e. The molecule has 3 rings (SSSR count). The van der Waals surface area contributed by atoms with Gasteiger partial charge in [0.1, 0.15) is 5.56 Å². The zero-order valence-electron chi connectivity index (χ0n) is 10.8. The second-order valence-electron chi connectivity index (χ2n) is 4.65.